The van der Waals surface area contributed by atoms with Crippen molar-refractivity contribution in [1.29, 1.82) is 0 Å². The maximum atomic E-state index is 4.76. The van der Waals surface area contributed by atoms with Crippen LogP contribution in [-0.2, 0) is 0 Å². The molecule has 0 unspecified atom stereocenters. The fraction of sp³-hybridized carbons (Fsp3) is 0.368. The van der Waals surface area contributed by atoms with Gasteiger partial charge in [-0.15, -0.1) is 0 Å². The molecule has 7 nitrogen and oxygen atoms in total. The molecule has 134 valence electrons. The van der Waals surface area contributed by atoms with E-state index in [-0.39, 0.29) is 0 Å². The number of hydrogen-bond donors (Lipinski definition) is 0. The van der Waals surface area contributed by atoms with Gasteiger partial charge in [0.15, 0.2) is 0 Å². The second-order valence-electron chi connectivity index (χ2n) is 6.75. The maximum absolute atomic E-state index is 4.76. The van der Waals surface area contributed by atoms with Crippen molar-refractivity contribution >= 4 is 28.6 Å². The van der Waals surface area contributed by atoms with Crippen LogP contribution in [0.25, 0.3) is 11.0 Å². The highest BCUT2D eigenvalue weighted by molar-refractivity contribution is 5.75. The van der Waals surface area contributed by atoms with Gasteiger partial charge in [0.2, 0.25) is 5.95 Å². The molecule has 1 aromatic carbocycles. The van der Waals surface area contributed by atoms with Crippen LogP contribution in [0.2, 0.25) is 0 Å². The standard InChI is InChI=1S/C19H23N7/c1-14-12-17(23-19(21-14)24(2)3)25-8-10-26(11-9-25)18-13-20-15-6-4-5-7-16(15)22-18/h4-7,12-13H,8-11H2,1-3H3. The van der Waals surface area contributed by atoms with Crippen LogP contribution in [-0.4, -0.2) is 60.2 Å². The fourth-order valence-electron chi connectivity index (χ4n) is 3.16. The molecular formula is C19H23N7. The van der Waals surface area contributed by atoms with E-state index in [9.17, 15) is 0 Å². The van der Waals surface area contributed by atoms with Crippen molar-refractivity contribution < 1.29 is 0 Å². The predicted molar refractivity (Wildman–Crippen MR) is 105 cm³/mol. The number of fused-ring (bicyclic) bond motifs is 1. The maximum Gasteiger partial charge on any atom is 0.226 e. The molecule has 1 aliphatic rings. The van der Waals surface area contributed by atoms with E-state index in [0.717, 1.165) is 60.5 Å². The highest BCUT2D eigenvalue weighted by atomic mass is 15.3. The van der Waals surface area contributed by atoms with Crippen molar-refractivity contribution in [3.05, 3.63) is 42.2 Å². The second kappa shape index (κ2) is 6.74. The molecule has 3 aromatic rings. The van der Waals surface area contributed by atoms with E-state index >= 15 is 0 Å². The molecule has 2 aromatic heterocycles. The van der Waals surface area contributed by atoms with Crippen LogP contribution in [0.4, 0.5) is 17.6 Å². The molecule has 0 saturated carbocycles. The summed E-state index contributed by atoms with van der Waals surface area (Å²) < 4.78 is 0. The van der Waals surface area contributed by atoms with Gasteiger partial charge < -0.3 is 14.7 Å². The number of anilines is 3. The quantitative estimate of drug-likeness (QED) is 0.718. The summed E-state index contributed by atoms with van der Waals surface area (Å²) in [5.41, 5.74) is 2.86. The van der Waals surface area contributed by atoms with E-state index in [0.29, 0.717) is 0 Å². The number of piperazine rings is 1. The van der Waals surface area contributed by atoms with Crippen molar-refractivity contribution in [2.45, 2.75) is 6.92 Å². The third-order valence-corrected chi connectivity index (χ3v) is 4.59. The topological polar surface area (TPSA) is 61.3 Å². The van der Waals surface area contributed by atoms with Gasteiger partial charge in [-0.2, -0.15) is 4.98 Å². The number of para-hydroxylation sites is 2. The van der Waals surface area contributed by atoms with Crippen LogP contribution < -0.4 is 14.7 Å². The number of benzene rings is 1. The minimum atomic E-state index is 0.753. The normalized spacial score (nSPS) is 14.7. The van der Waals surface area contributed by atoms with E-state index < -0.39 is 0 Å². The Morgan fingerprint density at radius 2 is 1.50 bits per heavy atom. The molecule has 0 bridgehead atoms. The number of aromatic nitrogens is 4. The van der Waals surface area contributed by atoms with Crippen LogP contribution in [0.5, 0.6) is 0 Å². The SMILES string of the molecule is Cc1cc(N2CCN(c3cnc4ccccc4n3)CC2)nc(N(C)C)n1. The van der Waals surface area contributed by atoms with Crippen molar-refractivity contribution in [3.63, 3.8) is 0 Å². The van der Waals surface area contributed by atoms with Crippen molar-refractivity contribution in [2.24, 2.45) is 0 Å². The van der Waals surface area contributed by atoms with Crippen LogP contribution in [0.15, 0.2) is 36.5 Å². The third-order valence-electron chi connectivity index (χ3n) is 4.59. The lowest BCUT2D eigenvalue weighted by Crippen LogP contribution is -2.47. The van der Waals surface area contributed by atoms with E-state index in [1.54, 1.807) is 0 Å². The average Bonchev–Trinajstić information content (AvgIpc) is 2.67. The molecule has 7 heteroatoms. The summed E-state index contributed by atoms with van der Waals surface area (Å²) in [7, 11) is 3.93. The minimum Gasteiger partial charge on any atom is -0.353 e. The third kappa shape index (κ3) is 3.24. The summed E-state index contributed by atoms with van der Waals surface area (Å²) in [5.74, 6) is 2.68. The lowest BCUT2D eigenvalue weighted by molar-refractivity contribution is 0.640. The van der Waals surface area contributed by atoms with Gasteiger partial charge in [-0.05, 0) is 19.1 Å². The smallest absolute Gasteiger partial charge is 0.226 e. The van der Waals surface area contributed by atoms with Crippen LogP contribution in [0.3, 0.4) is 0 Å². The Kier molecular flexibility index (Phi) is 4.28. The first-order valence-electron chi connectivity index (χ1n) is 8.85. The van der Waals surface area contributed by atoms with Crippen molar-refractivity contribution in [3.8, 4) is 0 Å². The molecule has 0 N–H and O–H groups in total. The molecule has 0 spiro atoms. The Bertz CT molecular complexity index is 917. The minimum absolute atomic E-state index is 0.753. The van der Waals surface area contributed by atoms with Crippen molar-refractivity contribution in [2.75, 3.05) is 55.0 Å². The lowest BCUT2D eigenvalue weighted by Gasteiger charge is -2.36. The number of nitrogens with zero attached hydrogens (tertiary/aromatic N) is 7. The zero-order chi connectivity index (χ0) is 18.1. The van der Waals surface area contributed by atoms with E-state index in [2.05, 4.69) is 30.8 Å². The van der Waals surface area contributed by atoms with Gasteiger partial charge in [0, 0.05) is 52.0 Å². The first-order chi connectivity index (χ1) is 12.6. The summed E-state index contributed by atoms with van der Waals surface area (Å²) in [4.78, 5) is 25.0. The Labute approximate surface area is 153 Å². The van der Waals surface area contributed by atoms with Crippen molar-refractivity contribution in [1.82, 2.24) is 19.9 Å². The second-order valence-corrected chi connectivity index (χ2v) is 6.75. The van der Waals surface area contributed by atoms with Crippen LogP contribution in [0, 0.1) is 6.92 Å². The van der Waals surface area contributed by atoms with Gasteiger partial charge in [0.25, 0.3) is 0 Å². The summed E-state index contributed by atoms with van der Waals surface area (Å²) >= 11 is 0. The molecule has 26 heavy (non-hydrogen) atoms. The molecule has 1 fully saturated rings. The Morgan fingerprint density at radius 3 is 2.19 bits per heavy atom. The number of rotatable bonds is 3. The summed E-state index contributed by atoms with van der Waals surface area (Å²) in [6.45, 7) is 5.61. The molecule has 0 aliphatic carbocycles. The Hall–Kier alpha value is -2.96. The molecule has 1 aliphatic heterocycles. The van der Waals surface area contributed by atoms with Gasteiger partial charge in [0.1, 0.15) is 11.6 Å². The van der Waals surface area contributed by atoms with Gasteiger partial charge in [-0.3, -0.25) is 4.98 Å². The first-order valence-corrected chi connectivity index (χ1v) is 8.85. The van der Waals surface area contributed by atoms with Gasteiger partial charge in [0.05, 0.1) is 17.2 Å². The largest absolute Gasteiger partial charge is 0.353 e. The van der Waals surface area contributed by atoms with Gasteiger partial charge in [-0.1, -0.05) is 12.1 Å². The number of hydrogen-bond acceptors (Lipinski definition) is 7. The van der Waals surface area contributed by atoms with Gasteiger partial charge >= 0.3 is 0 Å². The van der Waals surface area contributed by atoms with Crippen LogP contribution in [0.1, 0.15) is 5.69 Å². The van der Waals surface area contributed by atoms with E-state index in [1.807, 2.05) is 56.4 Å². The van der Waals surface area contributed by atoms with E-state index in [4.69, 9.17) is 4.98 Å². The number of aryl methyl sites for hydroxylation is 1. The molecule has 0 atom stereocenters. The molecule has 3 heterocycles. The lowest BCUT2D eigenvalue weighted by atomic mass is 10.3. The zero-order valence-electron chi connectivity index (χ0n) is 15.4. The van der Waals surface area contributed by atoms with E-state index in [1.165, 1.54) is 0 Å². The van der Waals surface area contributed by atoms with Gasteiger partial charge in [-0.25, -0.2) is 9.97 Å². The monoisotopic (exact) mass is 349 g/mol. The highest BCUT2D eigenvalue weighted by Crippen LogP contribution is 2.21. The molecule has 0 radical (unpaired) electrons. The summed E-state index contributed by atoms with van der Waals surface area (Å²) in [6.07, 6.45) is 1.87. The Balaban J connectivity index is 1.50. The molecule has 0 amide bonds. The predicted octanol–water partition coefficient (Wildman–Crippen LogP) is 2.12. The molecule has 1 saturated heterocycles. The first kappa shape index (κ1) is 16.5. The molecular weight excluding hydrogens is 326 g/mol. The average molecular weight is 349 g/mol. The summed E-state index contributed by atoms with van der Waals surface area (Å²) in [5, 5.41) is 0. The molecule has 4 rings (SSSR count). The highest BCUT2D eigenvalue weighted by Gasteiger charge is 2.20. The zero-order valence-corrected chi connectivity index (χ0v) is 15.4. The summed E-state index contributed by atoms with van der Waals surface area (Å²) in [6, 6.07) is 10.0. The van der Waals surface area contributed by atoms with Crippen LogP contribution >= 0.6 is 0 Å². The fourth-order valence-corrected chi connectivity index (χ4v) is 3.16. The Morgan fingerprint density at radius 1 is 0.846 bits per heavy atom.